The van der Waals surface area contributed by atoms with Crippen molar-refractivity contribution in [2.45, 2.75) is 31.6 Å². The van der Waals surface area contributed by atoms with Crippen LogP contribution in [0.3, 0.4) is 0 Å². The number of aryl methyl sites for hydroxylation is 1. The van der Waals surface area contributed by atoms with Crippen LogP contribution in [0.1, 0.15) is 46.7 Å². The number of carbonyl (C=O) groups is 1. The number of likely N-dealkylation sites (tertiary alicyclic amines) is 1. The van der Waals surface area contributed by atoms with Crippen molar-refractivity contribution in [3.05, 3.63) is 65.5 Å². The molecule has 3 N–H and O–H groups in total. The summed E-state index contributed by atoms with van der Waals surface area (Å²) in [5.41, 5.74) is 5.07. The number of carboxylic acid groups (broad SMARTS) is 1. The van der Waals surface area contributed by atoms with E-state index in [0.717, 1.165) is 67.5 Å². The smallest absolute Gasteiger partial charge is 0.335 e. The molecule has 3 heterocycles. The summed E-state index contributed by atoms with van der Waals surface area (Å²) in [7, 11) is 1.73. The Morgan fingerprint density at radius 2 is 1.94 bits per heavy atom. The molecule has 0 unspecified atom stereocenters. The summed E-state index contributed by atoms with van der Waals surface area (Å²) in [6, 6.07) is 11.5. The van der Waals surface area contributed by atoms with E-state index in [1.807, 2.05) is 24.3 Å². The zero-order chi connectivity index (χ0) is 22.1. The largest absolute Gasteiger partial charge is 0.496 e. The van der Waals surface area contributed by atoms with Gasteiger partial charge in [0.25, 0.3) is 0 Å². The Morgan fingerprint density at radius 1 is 1.12 bits per heavy atom. The van der Waals surface area contributed by atoms with E-state index in [-0.39, 0.29) is 0 Å². The summed E-state index contributed by atoms with van der Waals surface area (Å²) in [5.74, 6) is 0.535. The lowest BCUT2D eigenvalue weighted by molar-refractivity contribution is 0.0697. The number of aromatic amines is 2. The van der Waals surface area contributed by atoms with Gasteiger partial charge in [-0.2, -0.15) is 0 Å². The fourth-order valence-electron chi connectivity index (χ4n) is 5.16. The molecule has 1 fully saturated rings. The van der Waals surface area contributed by atoms with Crippen molar-refractivity contribution < 1.29 is 14.6 Å². The minimum absolute atomic E-state index is 0.352. The van der Waals surface area contributed by atoms with Crippen LogP contribution in [0.2, 0.25) is 0 Å². The number of aromatic carboxylic acids is 1. The number of piperidine rings is 1. The van der Waals surface area contributed by atoms with Crippen LogP contribution in [0, 0.1) is 0 Å². The molecule has 6 nitrogen and oxygen atoms in total. The van der Waals surface area contributed by atoms with Crippen LogP contribution in [-0.4, -0.2) is 52.7 Å². The molecule has 32 heavy (non-hydrogen) atoms. The Bertz CT molecular complexity index is 1250. The molecule has 1 aliphatic heterocycles. The Morgan fingerprint density at radius 3 is 2.72 bits per heavy atom. The predicted octanol–water partition coefficient (Wildman–Crippen LogP) is 5.17. The fraction of sp³-hybridized carbons (Fsp3) is 0.346. The van der Waals surface area contributed by atoms with E-state index in [1.165, 1.54) is 16.5 Å². The zero-order valence-electron chi connectivity index (χ0n) is 18.4. The second-order valence-corrected chi connectivity index (χ2v) is 8.73. The van der Waals surface area contributed by atoms with E-state index in [2.05, 4.69) is 33.3 Å². The van der Waals surface area contributed by atoms with Crippen LogP contribution in [0.25, 0.3) is 21.8 Å². The highest BCUT2D eigenvalue weighted by molar-refractivity contribution is 5.95. The number of nitrogens with one attached hydrogen (secondary N) is 2. The molecule has 0 aliphatic carbocycles. The number of H-pyrrole nitrogens is 2. The molecule has 4 aromatic rings. The number of rotatable bonds is 7. The van der Waals surface area contributed by atoms with Crippen molar-refractivity contribution in [2.24, 2.45) is 0 Å². The SMILES string of the molecule is COc1cccc2[nH]cc(CCCN3CCC(c4c[nH]c5ccc(C(=O)O)cc45)CC3)c12. The average molecular weight is 432 g/mol. The monoisotopic (exact) mass is 431 g/mol. The van der Waals surface area contributed by atoms with E-state index < -0.39 is 5.97 Å². The van der Waals surface area contributed by atoms with Gasteiger partial charge in [-0.25, -0.2) is 4.79 Å². The second kappa shape index (κ2) is 8.71. The Hall–Kier alpha value is -3.25. The number of methoxy groups -OCH3 is 1. The molecule has 1 aliphatic rings. The number of nitrogens with zero attached hydrogens (tertiary/aromatic N) is 1. The molecule has 6 heteroatoms. The van der Waals surface area contributed by atoms with E-state index >= 15 is 0 Å². The number of hydrogen-bond acceptors (Lipinski definition) is 3. The van der Waals surface area contributed by atoms with E-state index in [9.17, 15) is 9.90 Å². The van der Waals surface area contributed by atoms with Gasteiger partial charge in [0.2, 0.25) is 0 Å². The average Bonchev–Trinajstić information content (AvgIpc) is 3.43. The zero-order valence-corrected chi connectivity index (χ0v) is 18.4. The number of aromatic nitrogens is 2. The third-order valence-corrected chi connectivity index (χ3v) is 6.88. The second-order valence-electron chi connectivity index (χ2n) is 8.73. The van der Waals surface area contributed by atoms with Crippen LogP contribution >= 0.6 is 0 Å². The van der Waals surface area contributed by atoms with Crippen LogP contribution in [0.4, 0.5) is 0 Å². The van der Waals surface area contributed by atoms with Crippen LogP contribution in [0.15, 0.2) is 48.8 Å². The number of ether oxygens (including phenoxy) is 1. The molecule has 1 saturated heterocycles. The Labute approximate surface area is 187 Å². The van der Waals surface area contributed by atoms with Gasteiger partial charge in [-0.1, -0.05) is 6.07 Å². The lowest BCUT2D eigenvalue weighted by atomic mass is 9.88. The molecule has 5 rings (SSSR count). The lowest BCUT2D eigenvalue weighted by Crippen LogP contribution is -2.33. The summed E-state index contributed by atoms with van der Waals surface area (Å²) in [6.45, 7) is 3.24. The minimum atomic E-state index is -0.873. The molecular formula is C26H29N3O3. The molecule has 166 valence electrons. The highest BCUT2D eigenvalue weighted by Gasteiger charge is 2.23. The van der Waals surface area contributed by atoms with Gasteiger partial charge in [0.05, 0.1) is 12.7 Å². The van der Waals surface area contributed by atoms with Gasteiger partial charge in [0.1, 0.15) is 5.75 Å². The number of hydrogen-bond donors (Lipinski definition) is 3. The molecule has 2 aromatic heterocycles. The maximum atomic E-state index is 11.4. The molecule has 0 atom stereocenters. The standard InChI is InChI=1S/C26H29N3O3/c1-32-24-6-2-5-23-25(24)19(15-27-23)4-3-11-29-12-9-17(10-13-29)21-16-28-22-8-7-18(26(30)31)14-20(21)22/h2,5-8,14-17,27-28H,3-4,9-13H2,1H3,(H,30,31). The molecule has 0 amide bonds. The Balaban J connectivity index is 1.19. The summed E-state index contributed by atoms with van der Waals surface area (Å²) < 4.78 is 5.56. The Kier molecular flexibility index (Phi) is 5.62. The quantitative estimate of drug-likeness (QED) is 0.377. The van der Waals surface area contributed by atoms with Gasteiger partial charge in [-0.3, -0.25) is 0 Å². The molecular weight excluding hydrogens is 402 g/mol. The number of benzene rings is 2. The van der Waals surface area contributed by atoms with Gasteiger partial charge < -0.3 is 24.7 Å². The molecule has 0 bridgehead atoms. The van der Waals surface area contributed by atoms with E-state index in [4.69, 9.17) is 4.74 Å². The first-order valence-electron chi connectivity index (χ1n) is 11.3. The first-order chi connectivity index (χ1) is 15.6. The topological polar surface area (TPSA) is 81.3 Å². The third-order valence-electron chi connectivity index (χ3n) is 6.88. The summed E-state index contributed by atoms with van der Waals surface area (Å²) in [5, 5.41) is 11.6. The highest BCUT2D eigenvalue weighted by atomic mass is 16.5. The van der Waals surface area contributed by atoms with Gasteiger partial charge in [0.15, 0.2) is 0 Å². The van der Waals surface area contributed by atoms with Crippen molar-refractivity contribution in [2.75, 3.05) is 26.7 Å². The van der Waals surface area contributed by atoms with Gasteiger partial charge >= 0.3 is 5.97 Å². The molecule has 2 aromatic carbocycles. The number of fused-ring (bicyclic) bond motifs is 2. The van der Waals surface area contributed by atoms with Crippen molar-refractivity contribution >= 4 is 27.8 Å². The first-order valence-corrected chi connectivity index (χ1v) is 11.3. The maximum absolute atomic E-state index is 11.4. The summed E-state index contributed by atoms with van der Waals surface area (Å²) in [6.07, 6.45) is 8.53. The van der Waals surface area contributed by atoms with Gasteiger partial charge in [-0.15, -0.1) is 0 Å². The summed E-state index contributed by atoms with van der Waals surface area (Å²) >= 11 is 0. The van der Waals surface area contributed by atoms with E-state index in [1.54, 1.807) is 13.2 Å². The fourth-order valence-corrected chi connectivity index (χ4v) is 5.16. The predicted molar refractivity (Wildman–Crippen MR) is 127 cm³/mol. The van der Waals surface area contributed by atoms with Gasteiger partial charge in [-0.05, 0) is 92.7 Å². The lowest BCUT2D eigenvalue weighted by Gasteiger charge is -2.32. The molecule has 0 spiro atoms. The highest BCUT2D eigenvalue weighted by Crippen LogP contribution is 2.34. The third kappa shape index (κ3) is 3.86. The minimum Gasteiger partial charge on any atom is -0.496 e. The van der Waals surface area contributed by atoms with Crippen molar-refractivity contribution in [3.63, 3.8) is 0 Å². The van der Waals surface area contributed by atoms with Crippen molar-refractivity contribution in [1.29, 1.82) is 0 Å². The molecule has 0 radical (unpaired) electrons. The summed E-state index contributed by atoms with van der Waals surface area (Å²) in [4.78, 5) is 20.6. The maximum Gasteiger partial charge on any atom is 0.335 e. The number of carboxylic acids is 1. The van der Waals surface area contributed by atoms with Crippen molar-refractivity contribution in [1.82, 2.24) is 14.9 Å². The molecule has 0 saturated carbocycles. The van der Waals surface area contributed by atoms with Crippen molar-refractivity contribution in [3.8, 4) is 5.75 Å². The van der Waals surface area contributed by atoms with Crippen LogP contribution in [0.5, 0.6) is 5.75 Å². The van der Waals surface area contributed by atoms with E-state index in [0.29, 0.717) is 11.5 Å². The van der Waals surface area contributed by atoms with Crippen LogP contribution < -0.4 is 4.74 Å². The van der Waals surface area contributed by atoms with Gasteiger partial charge in [0, 0.05) is 34.2 Å². The first kappa shape index (κ1) is 20.6. The van der Waals surface area contributed by atoms with Crippen LogP contribution in [-0.2, 0) is 6.42 Å². The normalized spacial score (nSPS) is 15.5.